The van der Waals surface area contributed by atoms with E-state index in [1.54, 1.807) is 13.3 Å². The number of nitrogens with two attached hydrogens (primary N) is 1. The van der Waals surface area contributed by atoms with Gasteiger partial charge in [0.1, 0.15) is 5.69 Å². The molecule has 1 fully saturated rings. The Bertz CT molecular complexity index is 436. The molecular weight excluding hydrogens is 252 g/mol. The average molecular weight is 278 g/mol. The number of ether oxygens (including phenoxy) is 1. The summed E-state index contributed by atoms with van der Waals surface area (Å²) in [7, 11) is 5.72. The molecule has 0 amide bonds. The molecule has 112 valence electrons. The molecule has 1 aliphatic rings. The third-order valence-electron chi connectivity index (χ3n) is 4.11. The van der Waals surface area contributed by atoms with Crippen LogP contribution >= 0.6 is 0 Å². The number of anilines is 2. The Kier molecular flexibility index (Phi) is 5.06. The molecule has 1 aromatic heterocycles. The zero-order chi connectivity index (χ0) is 14.5. The summed E-state index contributed by atoms with van der Waals surface area (Å²) in [5.74, 6) is 1.18. The highest BCUT2D eigenvalue weighted by Crippen LogP contribution is 2.35. The molecule has 1 heterocycles. The zero-order valence-corrected chi connectivity index (χ0v) is 12.7. The zero-order valence-electron chi connectivity index (χ0n) is 12.7. The van der Waals surface area contributed by atoms with Crippen LogP contribution in [-0.4, -0.2) is 38.8 Å². The normalized spacial score (nSPS) is 22.4. The smallest absolute Gasteiger partial charge is 0.239 e. The number of rotatable bonds is 5. The average Bonchev–Trinajstić information content (AvgIpc) is 2.47. The summed E-state index contributed by atoms with van der Waals surface area (Å²) < 4.78 is 5.42. The Hall–Kier alpha value is -1.49. The lowest BCUT2D eigenvalue weighted by atomic mass is 9.84. The number of pyridine rings is 1. The van der Waals surface area contributed by atoms with E-state index in [-0.39, 0.29) is 0 Å². The molecule has 0 aliphatic heterocycles. The van der Waals surface area contributed by atoms with Crippen molar-refractivity contribution in [3.8, 4) is 5.88 Å². The lowest BCUT2D eigenvalue weighted by Gasteiger charge is -2.33. The predicted molar refractivity (Wildman–Crippen MR) is 83.5 cm³/mol. The molecule has 2 atom stereocenters. The maximum Gasteiger partial charge on any atom is 0.239 e. The minimum atomic E-state index is 0.408. The summed E-state index contributed by atoms with van der Waals surface area (Å²) in [6.45, 7) is 0.734. The van der Waals surface area contributed by atoms with Crippen LogP contribution in [0.4, 0.5) is 11.4 Å². The van der Waals surface area contributed by atoms with Crippen molar-refractivity contribution in [1.82, 2.24) is 4.98 Å². The van der Waals surface area contributed by atoms with Crippen LogP contribution in [0.3, 0.4) is 0 Å². The van der Waals surface area contributed by atoms with Gasteiger partial charge in [0.2, 0.25) is 5.88 Å². The van der Waals surface area contributed by atoms with Gasteiger partial charge in [0, 0.05) is 26.3 Å². The van der Waals surface area contributed by atoms with Crippen molar-refractivity contribution in [3.05, 3.63) is 12.3 Å². The Morgan fingerprint density at radius 2 is 2.15 bits per heavy atom. The van der Waals surface area contributed by atoms with Gasteiger partial charge in [0.05, 0.1) is 12.8 Å². The van der Waals surface area contributed by atoms with E-state index < -0.39 is 0 Å². The molecule has 1 saturated carbocycles. The fourth-order valence-corrected chi connectivity index (χ4v) is 2.96. The van der Waals surface area contributed by atoms with E-state index in [0.717, 1.165) is 24.3 Å². The molecule has 0 saturated heterocycles. The molecule has 0 aromatic carbocycles. The quantitative estimate of drug-likeness (QED) is 0.863. The van der Waals surface area contributed by atoms with Crippen molar-refractivity contribution in [2.45, 2.75) is 31.7 Å². The number of hydrogen-bond donors (Lipinski definition) is 2. The standard InChI is InChI=1S/C15H26N4O/c1-19(2)13-8-9-17-15(20-3)14(13)18-12-7-5-4-6-11(12)10-16/h8-9,11-12,18H,4-7,10,16H2,1-3H3. The molecule has 0 spiro atoms. The minimum absolute atomic E-state index is 0.408. The van der Waals surface area contributed by atoms with Crippen molar-refractivity contribution >= 4 is 11.4 Å². The first-order valence-electron chi connectivity index (χ1n) is 7.34. The molecule has 0 bridgehead atoms. The minimum Gasteiger partial charge on any atom is -0.479 e. The van der Waals surface area contributed by atoms with E-state index in [9.17, 15) is 0 Å². The van der Waals surface area contributed by atoms with E-state index in [1.165, 1.54) is 19.3 Å². The number of nitrogens with zero attached hydrogens (tertiary/aromatic N) is 2. The maximum atomic E-state index is 5.92. The van der Waals surface area contributed by atoms with Crippen LogP contribution in [0.1, 0.15) is 25.7 Å². The van der Waals surface area contributed by atoms with Crippen LogP contribution in [0, 0.1) is 5.92 Å². The van der Waals surface area contributed by atoms with Gasteiger partial charge in [-0.3, -0.25) is 0 Å². The van der Waals surface area contributed by atoms with E-state index in [1.807, 2.05) is 20.2 Å². The highest BCUT2D eigenvalue weighted by Gasteiger charge is 2.26. The van der Waals surface area contributed by atoms with Crippen molar-refractivity contribution in [3.63, 3.8) is 0 Å². The molecule has 0 radical (unpaired) electrons. The first kappa shape index (κ1) is 14.9. The van der Waals surface area contributed by atoms with Crippen LogP contribution in [0.25, 0.3) is 0 Å². The molecule has 3 N–H and O–H groups in total. The fourth-order valence-electron chi connectivity index (χ4n) is 2.96. The van der Waals surface area contributed by atoms with E-state index in [0.29, 0.717) is 17.8 Å². The van der Waals surface area contributed by atoms with Crippen LogP contribution in [-0.2, 0) is 0 Å². The van der Waals surface area contributed by atoms with Gasteiger partial charge in [-0.1, -0.05) is 12.8 Å². The monoisotopic (exact) mass is 278 g/mol. The second kappa shape index (κ2) is 6.79. The first-order chi connectivity index (χ1) is 9.67. The van der Waals surface area contributed by atoms with Crippen LogP contribution in [0.15, 0.2) is 12.3 Å². The van der Waals surface area contributed by atoms with Gasteiger partial charge in [-0.15, -0.1) is 0 Å². The second-order valence-electron chi connectivity index (χ2n) is 5.64. The van der Waals surface area contributed by atoms with Crippen molar-refractivity contribution in [1.29, 1.82) is 0 Å². The van der Waals surface area contributed by atoms with Gasteiger partial charge in [-0.25, -0.2) is 4.98 Å². The number of aromatic nitrogens is 1. The molecule has 1 aliphatic carbocycles. The van der Waals surface area contributed by atoms with Crippen molar-refractivity contribution in [2.24, 2.45) is 11.7 Å². The van der Waals surface area contributed by atoms with Gasteiger partial charge >= 0.3 is 0 Å². The maximum absolute atomic E-state index is 5.92. The van der Waals surface area contributed by atoms with Gasteiger partial charge < -0.3 is 20.7 Å². The Morgan fingerprint density at radius 1 is 1.40 bits per heavy atom. The molecule has 2 unspecified atom stereocenters. The van der Waals surface area contributed by atoms with Gasteiger partial charge in [-0.2, -0.15) is 0 Å². The Balaban J connectivity index is 2.26. The summed E-state index contributed by atoms with van der Waals surface area (Å²) in [5.41, 5.74) is 7.99. The highest BCUT2D eigenvalue weighted by molar-refractivity contribution is 5.74. The number of hydrogen-bond acceptors (Lipinski definition) is 5. The van der Waals surface area contributed by atoms with Crippen LogP contribution < -0.4 is 20.7 Å². The largest absolute Gasteiger partial charge is 0.479 e. The van der Waals surface area contributed by atoms with Crippen LogP contribution in [0.5, 0.6) is 5.88 Å². The molecule has 2 rings (SSSR count). The van der Waals surface area contributed by atoms with Gasteiger partial charge in [0.25, 0.3) is 0 Å². The predicted octanol–water partition coefficient (Wildman–Crippen LogP) is 2.09. The molecule has 20 heavy (non-hydrogen) atoms. The fraction of sp³-hybridized carbons (Fsp3) is 0.667. The van der Waals surface area contributed by atoms with Crippen molar-refractivity contribution in [2.75, 3.05) is 38.0 Å². The molecule has 1 aromatic rings. The van der Waals surface area contributed by atoms with Crippen molar-refractivity contribution < 1.29 is 4.74 Å². The molecular formula is C15H26N4O. The summed E-state index contributed by atoms with van der Waals surface area (Å²) in [5, 5.41) is 3.64. The molecule has 5 heteroatoms. The van der Waals surface area contributed by atoms with Gasteiger partial charge in [0.15, 0.2) is 0 Å². The third kappa shape index (κ3) is 3.15. The summed E-state index contributed by atoms with van der Waals surface area (Å²) in [6, 6.07) is 2.41. The Morgan fingerprint density at radius 3 is 2.80 bits per heavy atom. The SMILES string of the molecule is COc1nccc(N(C)C)c1NC1CCCCC1CN. The lowest BCUT2D eigenvalue weighted by Crippen LogP contribution is -2.37. The summed E-state index contributed by atoms with van der Waals surface area (Å²) >= 11 is 0. The lowest BCUT2D eigenvalue weighted by molar-refractivity contribution is 0.330. The number of nitrogens with one attached hydrogen (secondary N) is 1. The van der Waals surface area contributed by atoms with Gasteiger partial charge in [-0.05, 0) is 31.4 Å². The van der Waals surface area contributed by atoms with E-state index >= 15 is 0 Å². The van der Waals surface area contributed by atoms with E-state index in [4.69, 9.17) is 10.5 Å². The second-order valence-corrected chi connectivity index (χ2v) is 5.64. The van der Waals surface area contributed by atoms with E-state index in [2.05, 4.69) is 15.2 Å². The summed E-state index contributed by atoms with van der Waals surface area (Å²) in [4.78, 5) is 6.39. The van der Waals surface area contributed by atoms with Crippen LogP contribution in [0.2, 0.25) is 0 Å². The molecule has 5 nitrogen and oxygen atoms in total. The summed E-state index contributed by atoms with van der Waals surface area (Å²) in [6.07, 6.45) is 6.68. The first-order valence-corrected chi connectivity index (χ1v) is 7.34. The number of methoxy groups -OCH3 is 1. The highest BCUT2D eigenvalue weighted by atomic mass is 16.5. The topological polar surface area (TPSA) is 63.4 Å². The Labute approximate surface area is 121 Å². The third-order valence-corrected chi connectivity index (χ3v) is 4.11.